The van der Waals surface area contributed by atoms with E-state index in [1.165, 1.54) is 99.2 Å². The van der Waals surface area contributed by atoms with Gasteiger partial charge in [0.15, 0.2) is 35.8 Å². The number of hydrogen-bond donors (Lipinski definition) is 12. The molecule has 0 aliphatic carbocycles. The van der Waals surface area contributed by atoms with Gasteiger partial charge in [0.2, 0.25) is 18.3 Å². The van der Waals surface area contributed by atoms with Crippen molar-refractivity contribution in [2.45, 2.75) is 98.5 Å². The van der Waals surface area contributed by atoms with Crippen molar-refractivity contribution >= 4 is 42.1 Å². The number of rotatable bonds is 20. The van der Waals surface area contributed by atoms with E-state index in [2.05, 4.69) is 0 Å². The Morgan fingerprint density at radius 1 is 0.614 bits per heavy atom. The molecule has 4 heterocycles. The molecule has 4 aromatic rings. The van der Waals surface area contributed by atoms with Crippen molar-refractivity contribution < 1.29 is 137 Å². The summed E-state index contributed by atoms with van der Waals surface area (Å²) in [7, 11) is 2.57. The minimum absolute atomic E-state index is 0.00519. The first-order valence-electron chi connectivity index (χ1n) is 25.2. The standard InChI is InChI=1S/C55H58O28/c1-72-34-15-25(16-35(73-2)44(34)66)6-14-41(63)82-51-43(65)31(59)21-76-54(51)83-52-48(70)46(68)38(22-74-40(62)13-5-24-3-9-27(56)10-4-24)81-55(52)79-36-19-30-32(77-50(36)26-7-11-28(57)12-8-26)17-29(58)18-33(30)78-53-49(71)47(69)45(67)37(80-53)23-75-42(64)20-39(60)61/h3-19,31,37-38,43,45-59,65-71H,20-23H2,1-2H3,(H,60,61)/p+1/b13-5+,14-6+/t31-,37-,38-,43-,45+,46+,47-,48+,49+,50?,51-,52+,53+,54-,55+/m0/s1. The number of hydrogen-bond acceptors (Lipinski definition) is 26. The summed E-state index contributed by atoms with van der Waals surface area (Å²) in [5.74, 6) is -6.42. The van der Waals surface area contributed by atoms with Crippen molar-refractivity contribution in [3.63, 3.8) is 0 Å². The van der Waals surface area contributed by atoms with Gasteiger partial charge in [-0.05, 0) is 71.8 Å². The van der Waals surface area contributed by atoms with Gasteiger partial charge in [-0.25, -0.2) is 9.59 Å². The zero-order valence-corrected chi connectivity index (χ0v) is 43.7. The molecule has 28 nitrogen and oxygen atoms in total. The van der Waals surface area contributed by atoms with Crippen molar-refractivity contribution in [2.75, 3.05) is 34.0 Å². The average Bonchev–Trinajstić information content (AvgIpc) is 3.60. The van der Waals surface area contributed by atoms with Crippen LogP contribution in [0.4, 0.5) is 0 Å². The maximum absolute atomic E-state index is 13.5. The van der Waals surface area contributed by atoms with Crippen molar-refractivity contribution in [2.24, 2.45) is 0 Å². The third-order valence-electron chi connectivity index (χ3n) is 13.2. The summed E-state index contributed by atoms with van der Waals surface area (Å²) in [6.07, 6.45) is -23.0. The number of methoxy groups -OCH3 is 2. The molecule has 0 saturated carbocycles. The van der Waals surface area contributed by atoms with Gasteiger partial charge in [-0.15, -0.1) is 0 Å². The van der Waals surface area contributed by atoms with Gasteiger partial charge in [-0.1, -0.05) is 12.1 Å². The molecule has 0 spiro atoms. The number of benzene rings is 4. The van der Waals surface area contributed by atoms with Gasteiger partial charge in [0.05, 0.1) is 32.5 Å². The molecule has 0 radical (unpaired) electrons. The van der Waals surface area contributed by atoms with Crippen molar-refractivity contribution in [3.05, 3.63) is 113 Å². The van der Waals surface area contributed by atoms with E-state index in [0.717, 1.165) is 18.2 Å². The summed E-state index contributed by atoms with van der Waals surface area (Å²) < 4.78 is 67.5. The predicted octanol–water partition coefficient (Wildman–Crippen LogP) is -0.124. The van der Waals surface area contributed by atoms with E-state index in [-0.39, 0.29) is 57.1 Å². The smallest absolute Gasteiger partial charge is 0.331 e. The first-order valence-corrected chi connectivity index (χ1v) is 25.2. The van der Waals surface area contributed by atoms with Crippen LogP contribution in [-0.2, 0) is 57.1 Å². The van der Waals surface area contributed by atoms with Crippen LogP contribution in [0.3, 0.4) is 0 Å². The maximum atomic E-state index is 13.5. The van der Waals surface area contributed by atoms with Crippen LogP contribution in [0.2, 0.25) is 0 Å². The van der Waals surface area contributed by atoms with E-state index in [0.29, 0.717) is 11.1 Å². The van der Waals surface area contributed by atoms with Gasteiger partial charge in [0.25, 0.3) is 11.9 Å². The van der Waals surface area contributed by atoms with E-state index in [4.69, 9.17) is 61.9 Å². The highest BCUT2D eigenvalue weighted by atomic mass is 16.8. The van der Waals surface area contributed by atoms with Gasteiger partial charge in [0, 0.05) is 24.3 Å². The second-order valence-electron chi connectivity index (χ2n) is 19.0. The Bertz CT molecular complexity index is 3010. The van der Waals surface area contributed by atoms with E-state index < -0.39 is 148 Å². The number of carbonyl (C=O) groups excluding carboxylic acids is 3. The van der Waals surface area contributed by atoms with Crippen LogP contribution >= 0.6 is 0 Å². The molecule has 8 rings (SSSR count). The summed E-state index contributed by atoms with van der Waals surface area (Å²) in [5.41, 5.74) is 1.02. The maximum Gasteiger partial charge on any atom is 0.331 e. The Morgan fingerprint density at radius 2 is 1.22 bits per heavy atom. The Labute approximate surface area is 469 Å². The van der Waals surface area contributed by atoms with E-state index >= 15 is 0 Å². The van der Waals surface area contributed by atoms with Crippen LogP contribution in [-0.4, -0.2) is 210 Å². The lowest BCUT2D eigenvalue weighted by atomic mass is 9.97. The van der Waals surface area contributed by atoms with Gasteiger partial charge in [-0.3, -0.25) is 9.59 Å². The Balaban J connectivity index is 1.13. The minimum Gasteiger partial charge on any atom is -0.571 e. The zero-order valence-electron chi connectivity index (χ0n) is 43.7. The molecule has 13 N–H and O–H groups in total. The monoisotopic (exact) mass is 1170 g/mol. The molecule has 3 fully saturated rings. The quantitative estimate of drug-likeness (QED) is 0.0180. The number of carbonyl (C=O) groups is 4. The lowest BCUT2D eigenvalue weighted by Crippen LogP contribution is -2.63. The van der Waals surface area contributed by atoms with Crippen LogP contribution in [0.1, 0.15) is 34.8 Å². The lowest BCUT2D eigenvalue weighted by Gasteiger charge is -2.45. The number of ether oxygens (including phenoxy) is 12. The molecule has 446 valence electrons. The highest BCUT2D eigenvalue weighted by Crippen LogP contribution is 2.47. The molecule has 0 amide bonds. The van der Waals surface area contributed by atoms with Gasteiger partial charge >= 0.3 is 23.9 Å². The number of carboxylic acids is 1. The number of fused-ring (bicyclic) bond motifs is 1. The SMILES string of the molecule is COc1cc(/C=C/C(=O)O[C@@H]2[C@H](O[C@H]3[C@H](OC4=Cc5c(O[C@@H]6O[C@@H](COC(=O)CC(=O)O)[C@@H](O)[C@H](O)[C@H]6O)cc(O)cc5[OH+]C4c4ccc(O)cc4)O[C@@H](COC(=O)/C=C/c4ccc(O)cc4)[C@@H](O)[C@H]3O)OC[C@H](O)[C@@H]2O)cc(OC)c1O. The van der Waals surface area contributed by atoms with Crippen LogP contribution in [0.25, 0.3) is 18.2 Å². The van der Waals surface area contributed by atoms with Gasteiger partial charge in [-0.2, -0.15) is 0 Å². The molecular formula is C55H59O28+. The third-order valence-corrected chi connectivity index (χ3v) is 13.2. The Kier molecular flexibility index (Phi) is 19.6. The van der Waals surface area contributed by atoms with Crippen LogP contribution in [0.5, 0.6) is 46.0 Å². The fraction of sp³-hybridized carbons (Fsp3) is 0.382. The van der Waals surface area contributed by atoms with E-state index in [1.807, 2.05) is 0 Å². The highest BCUT2D eigenvalue weighted by molar-refractivity contribution is 5.90. The molecule has 83 heavy (non-hydrogen) atoms. The average molecular weight is 1170 g/mol. The summed E-state index contributed by atoms with van der Waals surface area (Å²) in [5, 5.41) is 129. The Hall–Kier alpha value is -8.26. The molecule has 1 unspecified atom stereocenters. The number of esters is 3. The lowest BCUT2D eigenvalue weighted by molar-refractivity contribution is -0.353. The summed E-state index contributed by atoms with van der Waals surface area (Å²) in [6.45, 7) is -2.20. The molecule has 0 bridgehead atoms. The highest BCUT2D eigenvalue weighted by Gasteiger charge is 2.53. The molecule has 4 aromatic carbocycles. The normalized spacial score (nSPS) is 28.7. The van der Waals surface area contributed by atoms with E-state index in [9.17, 15) is 75.3 Å². The van der Waals surface area contributed by atoms with E-state index in [1.54, 1.807) is 0 Å². The summed E-state index contributed by atoms with van der Waals surface area (Å²) in [6, 6.07) is 16.3. The predicted molar refractivity (Wildman–Crippen MR) is 276 cm³/mol. The largest absolute Gasteiger partial charge is 0.571 e. The topological polar surface area (TPSA) is 425 Å². The van der Waals surface area contributed by atoms with Crippen molar-refractivity contribution in [3.8, 4) is 46.0 Å². The number of phenolic OH excluding ortho intramolecular Hbond substituents is 4. The number of carboxylic acid groups (broad SMARTS) is 1. The fourth-order valence-electron chi connectivity index (χ4n) is 8.88. The van der Waals surface area contributed by atoms with Crippen LogP contribution in [0.15, 0.2) is 90.7 Å². The fourth-order valence-corrected chi connectivity index (χ4v) is 8.88. The number of aromatic hydroxyl groups is 5. The second kappa shape index (κ2) is 26.8. The molecule has 15 atom stereocenters. The second-order valence-corrected chi connectivity index (χ2v) is 19.0. The number of aliphatic hydroxyl groups is 8. The molecular weight excluding hydrogens is 1110 g/mol. The van der Waals surface area contributed by atoms with Gasteiger partial charge in [0.1, 0.15) is 103 Å². The third kappa shape index (κ3) is 14.7. The number of phenols is 4. The zero-order chi connectivity index (χ0) is 59.8. The summed E-state index contributed by atoms with van der Waals surface area (Å²) in [4.78, 5) is 49.6. The number of aliphatic carboxylic acids is 1. The molecule has 3 saturated heterocycles. The summed E-state index contributed by atoms with van der Waals surface area (Å²) >= 11 is 0. The van der Waals surface area contributed by atoms with Crippen LogP contribution < -0.4 is 14.2 Å². The Morgan fingerprint density at radius 3 is 1.87 bits per heavy atom. The first kappa shape index (κ1) is 60.8. The molecule has 4 aliphatic rings. The van der Waals surface area contributed by atoms with Crippen LogP contribution in [0, 0.1) is 0 Å². The van der Waals surface area contributed by atoms with Crippen molar-refractivity contribution in [1.82, 2.24) is 0 Å². The number of aliphatic hydroxyl groups excluding tert-OH is 7. The van der Waals surface area contributed by atoms with Crippen molar-refractivity contribution in [1.29, 1.82) is 0 Å². The first-order chi connectivity index (χ1) is 39.6. The minimum atomic E-state index is -2.10. The van der Waals surface area contributed by atoms with Gasteiger partial charge < -0.3 is 118 Å². The molecule has 4 aliphatic heterocycles. The molecule has 28 heteroatoms. The molecule has 0 aromatic heterocycles.